The topological polar surface area (TPSA) is 42.4 Å². The molecule has 4 nitrogen and oxygen atoms in total. The second kappa shape index (κ2) is 5.49. The van der Waals surface area contributed by atoms with Crippen molar-refractivity contribution in [3.8, 4) is 0 Å². The lowest BCUT2D eigenvalue weighted by molar-refractivity contribution is -0.138. The number of anilines is 1. The van der Waals surface area contributed by atoms with E-state index in [0.717, 1.165) is 16.7 Å². The van der Waals surface area contributed by atoms with Crippen molar-refractivity contribution in [2.75, 3.05) is 25.1 Å². The lowest BCUT2D eigenvalue weighted by Crippen LogP contribution is -2.30. The molecule has 0 saturated carbocycles. The molecule has 4 heteroatoms. The maximum atomic E-state index is 11.3. The predicted molar refractivity (Wildman–Crippen MR) is 71.6 cm³/mol. The minimum Gasteiger partial charge on any atom is -0.468 e. The third kappa shape index (κ3) is 2.59. The lowest BCUT2D eigenvalue weighted by atomic mass is 10.2. The highest BCUT2D eigenvalue weighted by Crippen LogP contribution is 2.17. The van der Waals surface area contributed by atoms with Crippen molar-refractivity contribution in [3.05, 3.63) is 36.4 Å². The second-order valence-electron chi connectivity index (χ2n) is 3.95. The molecule has 0 N–H and O–H groups in total. The molecule has 0 aliphatic rings. The first-order chi connectivity index (χ1) is 8.74. The van der Waals surface area contributed by atoms with Crippen LogP contribution in [0.4, 0.5) is 5.82 Å². The Labute approximate surface area is 106 Å². The van der Waals surface area contributed by atoms with Gasteiger partial charge in [-0.25, -0.2) is 4.98 Å². The van der Waals surface area contributed by atoms with E-state index in [2.05, 4.69) is 9.72 Å². The van der Waals surface area contributed by atoms with Crippen LogP contribution in [0.5, 0.6) is 0 Å². The number of hydrogen-bond donors (Lipinski definition) is 0. The molecule has 0 aliphatic heterocycles. The summed E-state index contributed by atoms with van der Waals surface area (Å²) >= 11 is 0. The van der Waals surface area contributed by atoms with Gasteiger partial charge in [-0.05, 0) is 25.1 Å². The molecule has 0 atom stereocenters. The van der Waals surface area contributed by atoms with Crippen LogP contribution in [0.3, 0.4) is 0 Å². The molecule has 0 fully saturated rings. The zero-order valence-corrected chi connectivity index (χ0v) is 10.6. The van der Waals surface area contributed by atoms with E-state index in [1.165, 1.54) is 7.11 Å². The summed E-state index contributed by atoms with van der Waals surface area (Å²) in [6, 6.07) is 11.9. The molecule has 0 aliphatic carbocycles. The standard InChI is InChI=1S/C14H16N2O2/c1-3-16(10-14(17)18-2)13-9-8-11-6-4-5-7-12(11)15-13/h4-9H,3,10H2,1-2H3. The van der Waals surface area contributed by atoms with Gasteiger partial charge in [0, 0.05) is 11.9 Å². The number of rotatable bonds is 4. The van der Waals surface area contributed by atoms with Crippen LogP contribution >= 0.6 is 0 Å². The summed E-state index contributed by atoms with van der Waals surface area (Å²) in [5.74, 6) is 0.536. The fourth-order valence-corrected chi connectivity index (χ4v) is 1.81. The van der Waals surface area contributed by atoms with Crippen LogP contribution in [0.2, 0.25) is 0 Å². The normalized spacial score (nSPS) is 10.3. The van der Waals surface area contributed by atoms with Crippen LogP contribution in [0.25, 0.3) is 10.9 Å². The maximum absolute atomic E-state index is 11.3. The molecule has 2 rings (SSSR count). The molecule has 94 valence electrons. The number of fused-ring (bicyclic) bond motifs is 1. The number of hydrogen-bond acceptors (Lipinski definition) is 4. The molecule has 0 unspecified atom stereocenters. The monoisotopic (exact) mass is 244 g/mol. The van der Waals surface area contributed by atoms with Crippen molar-refractivity contribution in [1.29, 1.82) is 0 Å². The van der Waals surface area contributed by atoms with Crippen LogP contribution in [-0.2, 0) is 9.53 Å². The molecular weight excluding hydrogens is 228 g/mol. The zero-order chi connectivity index (χ0) is 13.0. The molecule has 0 spiro atoms. The number of carbonyl (C=O) groups is 1. The van der Waals surface area contributed by atoms with Crippen molar-refractivity contribution < 1.29 is 9.53 Å². The Hall–Kier alpha value is -2.10. The van der Waals surface area contributed by atoms with Gasteiger partial charge in [-0.15, -0.1) is 0 Å². The molecule has 18 heavy (non-hydrogen) atoms. The van der Waals surface area contributed by atoms with Gasteiger partial charge < -0.3 is 9.64 Å². The zero-order valence-electron chi connectivity index (χ0n) is 10.6. The maximum Gasteiger partial charge on any atom is 0.325 e. The van der Waals surface area contributed by atoms with Gasteiger partial charge in [0.05, 0.1) is 12.6 Å². The van der Waals surface area contributed by atoms with E-state index in [1.807, 2.05) is 48.2 Å². The highest BCUT2D eigenvalue weighted by atomic mass is 16.5. The Bertz CT molecular complexity index is 554. The van der Waals surface area contributed by atoms with Crippen LogP contribution in [-0.4, -0.2) is 31.2 Å². The van der Waals surface area contributed by atoms with E-state index in [1.54, 1.807) is 0 Å². The molecule has 0 bridgehead atoms. The third-order valence-electron chi connectivity index (χ3n) is 2.84. The number of esters is 1. The lowest BCUT2D eigenvalue weighted by Gasteiger charge is -2.20. The number of likely N-dealkylation sites (N-methyl/N-ethyl adjacent to an activating group) is 1. The van der Waals surface area contributed by atoms with Gasteiger partial charge in [0.1, 0.15) is 12.4 Å². The summed E-state index contributed by atoms with van der Waals surface area (Å²) in [7, 11) is 1.39. The van der Waals surface area contributed by atoms with Gasteiger partial charge in [-0.3, -0.25) is 4.79 Å². The first kappa shape index (κ1) is 12.4. The van der Waals surface area contributed by atoms with E-state index in [0.29, 0.717) is 6.54 Å². The van der Waals surface area contributed by atoms with Crippen LogP contribution in [0.15, 0.2) is 36.4 Å². The SMILES string of the molecule is CCN(CC(=O)OC)c1ccc2ccccc2n1. The molecular formula is C14H16N2O2. The number of aromatic nitrogens is 1. The first-order valence-corrected chi connectivity index (χ1v) is 5.92. The van der Waals surface area contributed by atoms with E-state index >= 15 is 0 Å². The number of pyridine rings is 1. The Balaban J connectivity index is 2.30. The van der Waals surface area contributed by atoms with Gasteiger partial charge in [-0.2, -0.15) is 0 Å². The summed E-state index contributed by atoms with van der Waals surface area (Å²) in [5.41, 5.74) is 0.929. The van der Waals surface area contributed by atoms with Crippen molar-refractivity contribution in [2.45, 2.75) is 6.92 Å². The van der Waals surface area contributed by atoms with Crippen molar-refractivity contribution in [3.63, 3.8) is 0 Å². The molecule has 1 aromatic carbocycles. The summed E-state index contributed by atoms with van der Waals surface area (Å²) in [5, 5.41) is 1.09. The molecule has 0 saturated heterocycles. The molecule has 0 amide bonds. The van der Waals surface area contributed by atoms with Crippen LogP contribution in [0, 0.1) is 0 Å². The molecule has 0 radical (unpaired) electrons. The quantitative estimate of drug-likeness (QED) is 0.773. The average Bonchev–Trinajstić information content (AvgIpc) is 2.44. The summed E-state index contributed by atoms with van der Waals surface area (Å²) in [4.78, 5) is 17.8. The number of nitrogens with zero attached hydrogens (tertiary/aromatic N) is 2. The smallest absolute Gasteiger partial charge is 0.325 e. The number of ether oxygens (including phenoxy) is 1. The molecule has 1 heterocycles. The number of benzene rings is 1. The summed E-state index contributed by atoms with van der Waals surface area (Å²) < 4.78 is 4.68. The third-order valence-corrected chi connectivity index (χ3v) is 2.84. The fourth-order valence-electron chi connectivity index (χ4n) is 1.81. The average molecular weight is 244 g/mol. The van der Waals surface area contributed by atoms with Crippen LogP contribution < -0.4 is 4.90 Å². The van der Waals surface area contributed by atoms with Crippen molar-refractivity contribution >= 4 is 22.7 Å². The van der Waals surface area contributed by atoms with E-state index < -0.39 is 0 Å². The predicted octanol–water partition coefficient (Wildman–Crippen LogP) is 2.23. The summed E-state index contributed by atoms with van der Waals surface area (Å²) in [6.45, 7) is 2.92. The van der Waals surface area contributed by atoms with E-state index in [4.69, 9.17) is 0 Å². The number of para-hydroxylation sites is 1. The highest BCUT2D eigenvalue weighted by molar-refractivity contribution is 5.81. The Kier molecular flexibility index (Phi) is 3.77. The van der Waals surface area contributed by atoms with E-state index in [9.17, 15) is 4.79 Å². The minimum atomic E-state index is -0.258. The van der Waals surface area contributed by atoms with Gasteiger partial charge in [0.2, 0.25) is 0 Å². The second-order valence-corrected chi connectivity index (χ2v) is 3.95. The minimum absolute atomic E-state index is 0.221. The largest absolute Gasteiger partial charge is 0.468 e. The molecule has 2 aromatic rings. The fraction of sp³-hybridized carbons (Fsp3) is 0.286. The summed E-state index contributed by atoms with van der Waals surface area (Å²) in [6.07, 6.45) is 0. The number of methoxy groups -OCH3 is 1. The highest BCUT2D eigenvalue weighted by Gasteiger charge is 2.11. The van der Waals surface area contributed by atoms with Gasteiger partial charge >= 0.3 is 5.97 Å². The van der Waals surface area contributed by atoms with Gasteiger partial charge in [0.25, 0.3) is 0 Å². The van der Waals surface area contributed by atoms with Gasteiger partial charge in [-0.1, -0.05) is 18.2 Å². The van der Waals surface area contributed by atoms with E-state index in [-0.39, 0.29) is 12.5 Å². The van der Waals surface area contributed by atoms with Crippen molar-refractivity contribution in [2.24, 2.45) is 0 Å². The first-order valence-electron chi connectivity index (χ1n) is 5.92. The van der Waals surface area contributed by atoms with Crippen molar-refractivity contribution in [1.82, 2.24) is 4.98 Å². The Morgan fingerprint density at radius 2 is 2.06 bits per heavy atom. The van der Waals surface area contributed by atoms with Crippen LogP contribution in [0.1, 0.15) is 6.92 Å². The Morgan fingerprint density at radius 1 is 1.28 bits per heavy atom. The number of carbonyl (C=O) groups excluding carboxylic acids is 1. The molecule has 1 aromatic heterocycles. The Morgan fingerprint density at radius 3 is 2.78 bits per heavy atom. The van der Waals surface area contributed by atoms with Gasteiger partial charge in [0.15, 0.2) is 0 Å².